The highest BCUT2D eigenvalue weighted by atomic mass is 16.1. The molecule has 2 fully saturated rings. The van der Waals surface area contributed by atoms with E-state index in [1.165, 1.54) is 25.8 Å². The first kappa shape index (κ1) is 12.9. The van der Waals surface area contributed by atoms with E-state index in [0.29, 0.717) is 5.92 Å². The van der Waals surface area contributed by atoms with Gasteiger partial charge in [-0.15, -0.1) is 0 Å². The van der Waals surface area contributed by atoms with Crippen LogP contribution in [0.15, 0.2) is 30.5 Å². The van der Waals surface area contributed by atoms with Crippen molar-refractivity contribution in [2.45, 2.75) is 25.3 Å². The largest absolute Gasteiger partial charge is 0.360 e. The van der Waals surface area contributed by atoms with Gasteiger partial charge in [0.25, 0.3) is 5.91 Å². The maximum Gasteiger partial charge on any atom is 0.253 e. The maximum absolute atomic E-state index is 12.4. The molecule has 1 unspecified atom stereocenters. The molecule has 0 radical (unpaired) electrons. The number of para-hydroxylation sites is 1. The van der Waals surface area contributed by atoms with E-state index in [-0.39, 0.29) is 5.91 Å². The fraction of sp³-hybridized carbons (Fsp3) is 0.471. The molecule has 2 aromatic rings. The summed E-state index contributed by atoms with van der Waals surface area (Å²) in [6, 6.07) is 8.78. The molecule has 1 aliphatic carbocycles. The number of rotatable bonds is 4. The lowest BCUT2D eigenvalue weighted by Crippen LogP contribution is -2.31. The first-order chi connectivity index (χ1) is 10.3. The maximum atomic E-state index is 12.4. The SMILES string of the molecule is O=C(NCC1CCN(C2CC2)C1)c1c[nH]c2ccccc12. The van der Waals surface area contributed by atoms with Crippen LogP contribution in [0.4, 0.5) is 0 Å². The predicted octanol–water partition coefficient (Wildman–Crippen LogP) is 2.38. The molecule has 1 aromatic carbocycles. The van der Waals surface area contributed by atoms with Crippen LogP contribution in [0.25, 0.3) is 10.9 Å². The molecule has 0 spiro atoms. The quantitative estimate of drug-likeness (QED) is 0.905. The topological polar surface area (TPSA) is 48.1 Å². The second-order valence-corrected chi connectivity index (χ2v) is 6.34. The zero-order chi connectivity index (χ0) is 14.2. The van der Waals surface area contributed by atoms with E-state index in [0.717, 1.165) is 35.6 Å². The first-order valence-corrected chi connectivity index (χ1v) is 7.89. The number of hydrogen-bond donors (Lipinski definition) is 2. The third-order valence-electron chi connectivity index (χ3n) is 4.77. The van der Waals surface area contributed by atoms with Crippen molar-refractivity contribution in [3.05, 3.63) is 36.0 Å². The van der Waals surface area contributed by atoms with Gasteiger partial charge < -0.3 is 15.2 Å². The second-order valence-electron chi connectivity index (χ2n) is 6.34. The molecule has 2 N–H and O–H groups in total. The molecule has 4 nitrogen and oxygen atoms in total. The minimum atomic E-state index is 0.0392. The fourth-order valence-electron chi connectivity index (χ4n) is 3.39. The Labute approximate surface area is 124 Å². The third-order valence-corrected chi connectivity index (χ3v) is 4.77. The first-order valence-electron chi connectivity index (χ1n) is 7.89. The number of fused-ring (bicyclic) bond motifs is 1. The van der Waals surface area contributed by atoms with Crippen LogP contribution in [-0.2, 0) is 0 Å². The Balaban J connectivity index is 1.37. The smallest absolute Gasteiger partial charge is 0.253 e. The number of aromatic amines is 1. The summed E-state index contributed by atoms with van der Waals surface area (Å²) in [6.07, 6.45) is 5.76. The van der Waals surface area contributed by atoms with Crippen molar-refractivity contribution in [1.82, 2.24) is 15.2 Å². The van der Waals surface area contributed by atoms with Crippen LogP contribution in [0, 0.1) is 5.92 Å². The number of carbonyl (C=O) groups excluding carboxylic acids is 1. The zero-order valence-electron chi connectivity index (χ0n) is 12.1. The molecule has 2 aliphatic rings. The van der Waals surface area contributed by atoms with E-state index in [2.05, 4.69) is 15.2 Å². The van der Waals surface area contributed by atoms with Gasteiger partial charge in [-0.25, -0.2) is 0 Å². The van der Waals surface area contributed by atoms with Gasteiger partial charge in [0, 0.05) is 36.2 Å². The van der Waals surface area contributed by atoms with E-state index in [4.69, 9.17) is 0 Å². The molecule has 0 bridgehead atoms. The standard InChI is InChI=1S/C17H21N3O/c21-17(15-10-18-16-4-2-1-3-14(15)16)19-9-12-7-8-20(11-12)13-5-6-13/h1-4,10,12-13,18H,5-9,11H2,(H,19,21). The predicted molar refractivity (Wildman–Crippen MR) is 83.3 cm³/mol. The molecular formula is C17H21N3O. The number of amides is 1. The molecule has 4 rings (SSSR count). The fourth-order valence-corrected chi connectivity index (χ4v) is 3.39. The summed E-state index contributed by atoms with van der Waals surface area (Å²) in [5.41, 5.74) is 1.77. The lowest BCUT2D eigenvalue weighted by atomic mass is 10.1. The summed E-state index contributed by atoms with van der Waals surface area (Å²) in [5, 5.41) is 4.11. The number of nitrogens with zero attached hydrogens (tertiary/aromatic N) is 1. The van der Waals surface area contributed by atoms with E-state index in [9.17, 15) is 4.79 Å². The molecule has 1 saturated carbocycles. The van der Waals surface area contributed by atoms with Gasteiger partial charge in [0.05, 0.1) is 5.56 Å². The summed E-state index contributed by atoms with van der Waals surface area (Å²) >= 11 is 0. The van der Waals surface area contributed by atoms with E-state index in [1.54, 1.807) is 0 Å². The minimum absolute atomic E-state index is 0.0392. The summed E-state index contributed by atoms with van der Waals surface area (Å²) in [7, 11) is 0. The van der Waals surface area contributed by atoms with Gasteiger partial charge >= 0.3 is 0 Å². The second kappa shape index (κ2) is 5.19. The van der Waals surface area contributed by atoms with E-state index in [1.807, 2.05) is 30.5 Å². The highest BCUT2D eigenvalue weighted by Gasteiger charge is 2.34. The molecule has 2 heterocycles. The minimum Gasteiger partial charge on any atom is -0.360 e. The molecule has 110 valence electrons. The Morgan fingerprint density at radius 3 is 3.00 bits per heavy atom. The lowest BCUT2D eigenvalue weighted by Gasteiger charge is -2.15. The highest BCUT2D eigenvalue weighted by molar-refractivity contribution is 6.06. The van der Waals surface area contributed by atoms with Crippen molar-refractivity contribution in [3.63, 3.8) is 0 Å². The third kappa shape index (κ3) is 2.56. The van der Waals surface area contributed by atoms with Gasteiger partial charge in [0.1, 0.15) is 0 Å². The monoisotopic (exact) mass is 283 g/mol. The summed E-state index contributed by atoms with van der Waals surface area (Å²) < 4.78 is 0. The van der Waals surface area contributed by atoms with Crippen LogP contribution < -0.4 is 5.32 Å². The van der Waals surface area contributed by atoms with Crippen molar-refractivity contribution in [2.75, 3.05) is 19.6 Å². The van der Waals surface area contributed by atoms with Gasteiger partial charge in [0.15, 0.2) is 0 Å². The number of nitrogens with one attached hydrogen (secondary N) is 2. The lowest BCUT2D eigenvalue weighted by molar-refractivity contribution is 0.0949. The number of H-pyrrole nitrogens is 1. The van der Waals surface area contributed by atoms with Crippen LogP contribution in [0.1, 0.15) is 29.6 Å². The van der Waals surface area contributed by atoms with E-state index < -0.39 is 0 Å². The van der Waals surface area contributed by atoms with Gasteiger partial charge in [-0.3, -0.25) is 4.79 Å². The summed E-state index contributed by atoms with van der Waals surface area (Å²) in [4.78, 5) is 18.1. The molecule has 1 amide bonds. The number of carbonyl (C=O) groups is 1. The van der Waals surface area contributed by atoms with Gasteiger partial charge in [0.2, 0.25) is 0 Å². The normalized spacial score (nSPS) is 22.8. The molecule has 1 atom stereocenters. The number of likely N-dealkylation sites (tertiary alicyclic amines) is 1. The van der Waals surface area contributed by atoms with Crippen LogP contribution in [0.3, 0.4) is 0 Å². The zero-order valence-corrected chi connectivity index (χ0v) is 12.1. The number of aromatic nitrogens is 1. The molecule has 21 heavy (non-hydrogen) atoms. The van der Waals surface area contributed by atoms with Crippen molar-refractivity contribution in [3.8, 4) is 0 Å². The highest BCUT2D eigenvalue weighted by Crippen LogP contribution is 2.31. The Kier molecular flexibility index (Phi) is 3.19. The average Bonchev–Trinajstić information content (AvgIpc) is 3.10. The molecule has 1 aliphatic heterocycles. The Morgan fingerprint density at radius 2 is 2.14 bits per heavy atom. The van der Waals surface area contributed by atoms with Crippen LogP contribution in [0.2, 0.25) is 0 Å². The van der Waals surface area contributed by atoms with Crippen molar-refractivity contribution in [1.29, 1.82) is 0 Å². The van der Waals surface area contributed by atoms with Gasteiger partial charge in [-0.1, -0.05) is 18.2 Å². The van der Waals surface area contributed by atoms with E-state index >= 15 is 0 Å². The molecular weight excluding hydrogens is 262 g/mol. The summed E-state index contributed by atoms with van der Waals surface area (Å²) in [6.45, 7) is 3.15. The number of benzene rings is 1. The molecule has 1 saturated heterocycles. The Hall–Kier alpha value is -1.81. The Morgan fingerprint density at radius 1 is 1.29 bits per heavy atom. The van der Waals surface area contributed by atoms with Gasteiger partial charge in [-0.05, 0) is 37.8 Å². The number of hydrogen-bond acceptors (Lipinski definition) is 2. The van der Waals surface area contributed by atoms with Gasteiger partial charge in [-0.2, -0.15) is 0 Å². The molecule has 1 aromatic heterocycles. The Bertz CT molecular complexity index is 659. The van der Waals surface area contributed by atoms with Crippen molar-refractivity contribution < 1.29 is 4.79 Å². The van der Waals surface area contributed by atoms with Crippen LogP contribution >= 0.6 is 0 Å². The van der Waals surface area contributed by atoms with Crippen LogP contribution in [0.5, 0.6) is 0 Å². The van der Waals surface area contributed by atoms with Crippen molar-refractivity contribution >= 4 is 16.8 Å². The van der Waals surface area contributed by atoms with Crippen molar-refractivity contribution in [2.24, 2.45) is 5.92 Å². The summed E-state index contributed by atoms with van der Waals surface area (Å²) in [5.74, 6) is 0.650. The molecule has 4 heteroatoms. The average molecular weight is 283 g/mol. The van der Waals surface area contributed by atoms with Crippen LogP contribution in [-0.4, -0.2) is 41.5 Å².